The third-order valence-electron chi connectivity index (χ3n) is 9.57. The van der Waals surface area contributed by atoms with E-state index >= 15 is 0 Å². The van der Waals surface area contributed by atoms with E-state index in [9.17, 15) is 5.11 Å². The number of ether oxygens (including phenoxy) is 4. The van der Waals surface area contributed by atoms with Crippen molar-refractivity contribution in [3.8, 4) is 0 Å². The highest BCUT2D eigenvalue weighted by Crippen LogP contribution is 2.38. The Hall–Kier alpha value is -4.56. The average Bonchev–Trinajstić information content (AvgIpc) is 3.54. The first-order chi connectivity index (χ1) is 24.7. The number of fused-ring (bicyclic) bond motifs is 1. The van der Waals surface area contributed by atoms with Crippen LogP contribution in [-0.2, 0) is 51.6 Å². The van der Waals surface area contributed by atoms with Crippen LogP contribution < -0.4 is 0 Å². The number of aryl methyl sites for hydroxylation is 1. The molecule has 1 aliphatic rings. The molecule has 0 radical (unpaired) electrons. The van der Waals surface area contributed by atoms with E-state index in [0.717, 1.165) is 40.4 Å². The highest BCUT2D eigenvalue weighted by molar-refractivity contribution is 5.84. The topological polar surface area (TPSA) is 62.1 Å². The number of aliphatic hydroxyl groups is 1. The molecule has 0 amide bonds. The van der Waals surface area contributed by atoms with Crippen LogP contribution in [0.1, 0.15) is 46.5 Å². The molecule has 1 aliphatic heterocycles. The monoisotopic (exact) mass is 667 g/mol. The molecular weight excluding hydrogens is 622 g/mol. The Balaban J connectivity index is 1.28. The number of hydrogen-bond donors (Lipinski definition) is 1. The molecule has 1 saturated heterocycles. The van der Waals surface area contributed by atoms with Gasteiger partial charge in [0.1, 0.15) is 24.4 Å². The molecular formula is C44H45NO5. The summed E-state index contributed by atoms with van der Waals surface area (Å²) in [6, 6.07) is 47.6. The molecule has 0 aliphatic carbocycles. The van der Waals surface area contributed by atoms with Gasteiger partial charge >= 0.3 is 0 Å². The maximum Gasteiger partial charge on any atom is 0.163 e. The molecule has 7 rings (SSSR count). The lowest BCUT2D eigenvalue weighted by molar-refractivity contribution is -0.287. The number of aliphatic hydroxyl groups excluding tert-OH is 1. The lowest BCUT2D eigenvalue weighted by atomic mass is 9.96. The van der Waals surface area contributed by atoms with E-state index in [2.05, 4.69) is 90.5 Å². The molecule has 5 atom stereocenters. The Labute approximate surface area is 294 Å². The van der Waals surface area contributed by atoms with Crippen LogP contribution in [-0.4, -0.2) is 40.7 Å². The van der Waals surface area contributed by atoms with Gasteiger partial charge in [-0.2, -0.15) is 0 Å². The zero-order chi connectivity index (χ0) is 34.1. The van der Waals surface area contributed by atoms with Crippen LogP contribution in [0.15, 0.2) is 146 Å². The number of rotatable bonds is 14. The van der Waals surface area contributed by atoms with Gasteiger partial charge in [-0.1, -0.05) is 140 Å². The summed E-state index contributed by atoms with van der Waals surface area (Å²) in [5.41, 5.74) is 7.93. The van der Waals surface area contributed by atoms with Crippen LogP contribution in [0.5, 0.6) is 0 Å². The van der Waals surface area contributed by atoms with Crippen molar-refractivity contribution < 1.29 is 24.1 Å². The molecule has 0 spiro atoms. The molecule has 5 unspecified atom stereocenters. The molecule has 6 nitrogen and oxygen atoms in total. The van der Waals surface area contributed by atoms with Gasteiger partial charge in [0.25, 0.3) is 0 Å². The number of aromatic nitrogens is 1. The minimum atomic E-state index is -0.660. The standard InChI is InChI=1S/C44H45NO5/c1-2-32-22-24-33(25-23-32)26-37-27-45(39-21-13-12-20-38(37)39)44-43(49-31-36-18-10-5-11-19-36)42(48-30-35-16-8-4-9-17-35)41(40(28-46)50-44)47-29-34-14-6-3-7-15-34/h3-25,27,40-44,46H,2,26,28-31H2,1H3. The molecule has 1 N–H and O–H groups in total. The SMILES string of the molecule is CCc1ccc(Cc2cn(C3OC(CO)C(OCc4ccccc4)C(OCc4ccccc4)C3OCc3ccccc3)c3ccccc23)cc1. The third kappa shape index (κ3) is 7.91. The van der Waals surface area contributed by atoms with Gasteiger partial charge in [-0.3, -0.25) is 0 Å². The van der Waals surface area contributed by atoms with Crippen molar-refractivity contribution >= 4 is 10.9 Å². The number of hydrogen-bond acceptors (Lipinski definition) is 5. The normalized spacial score (nSPS) is 20.6. The zero-order valence-electron chi connectivity index (χ0n) is 28.5. The fourth-order valence-electron chi connectivity index (χ4n) is 6.88. The summed E-state index contributed by atoms with van der Waals surface area (Å²) in [4.78, 5) is 0. The number of para-hydroxylation sites is 1. The molecule has 6 heteroatoms. The largest absolute Gasteiger partial charge is 0.394 e. The quantitative estimate of drug-likeness (QED) is 0.126. The van der Waals surface area contributed by atoms with E-state index in [1.807, 2.05) is 66.7 Å². The van der Waals surface area contributed by atoms with Gasteiger partial charge in [-0.05, 0) is 52.3 Å². The van der Waals surface area contributed by atoms with Gasteiger partial charge in [-0.25, -0.2) is 0 Å². The molecule has 50 heavy (non-hydrogen) atoms. The molecule has 6 aromatic rings. The maximum absolute atomic E-state index is 10.9. The van der Waals surface area contributed by atoms with Gasteiger partial charge in [0, 0.05) is 11.6 Å². The first-order valence-corrected chi connectivity index (χ1v) is 17.6. The summed E-state index contributed by atoms with van der Waals surface area (Å²) < 4.78 is 29.4. The van der Waals surface area contributed by atoms with Crippen LogP contribution in [0.25, 0.3) is 10.9 Å². The Morgan fingerprint density at radius 3 is 1.62 bits per heavy atom. The number of benzene rings is 5. The Bertz CT molecular complexity index is 1910. The van der Waals surface area contributed by atoms with Gasteiger partial charge in [0.2, 0.25) is 0 Å². The second-order valence-electron chi connectivity index (χ2n) is 13.0. The van der Waals surface area contributed by atoms with Crippen LogP contribution >= 0.6 is 0 Å². The van der Waals surface area contributed by atoms with Crippen molar-refractivity contribution in [3.05, 3.63) is 179 Å². The van der Waals surface area contributed by atoms with Crippen LogP contribution in [0.4, 0.5) is 0 Å². The van der Waals surface area contributed by atoms with E-state index in [4.69, 9.17) is 18.9 Å². The number of nitrogens with zero attached hydrogens (tertiary/aromatic N) is 1. The lowest BCUT2D eigenvalue weighted by Gasteiger charge is -2.46. The summed E-state index contributed by atoms with van der Waals surface area (Å²) in [6.07, 6.45) is 0.981. The van der Waals surface area contributed by atoms with Crippen LogP contribution in [0.2, 0.25) is 0 Å². The van der Waals surface area contributed by atoms with Gasteiger partial charge < -0.3 is 28.6 Å². The summed E-state index contributed by atoms with van der Waals surface area (Å²) in [5, 5.41) is 12.0. The van der Waals surface area contributed by atoms with E-state index in [1.54, 1.807) is 0 Å². The Morgan fingerprint density at radius 2 is 1.06 bits per heavy atom. The van der Waals surface area contributed by atoms with E-state index in [1.165, 1.54) is 16.7 Å². The third-order valence-corrected chi connectivity index (χ3v) is 9.57. The van der Waals surface area contributed by atoms with Crippen molar-refractivity contribution in [3.63, 3.8) is 0 Å². The first kappa shape index (κ1) is 33.9. The lowest BCUT2D eigenvalue weighted by Crippen LogP contribution is -2.59. The average molecular weight is 668 g/mol. The van der Waals surface area contributed by atoms with E-state index < -0.39 is 30.6 Å². The predicted molar refractivity (Wildman–Crippen MR) is 197 cm³/mol. The summed E-state index contributed by atoms with van der Waals surface area (Å²) in [6.45, 7) is 3.01. The van der Waals surface area contributed by atoms with Crippen molar-refractivity contribution in [1.82, 2.24) is 4.57 Å². The molecule has 0 bridgehead atoms. The highest BCUT2D eigenvalue weighted by Gasteiger charge is 2.49. The van der Waals surface area contributed by atoms with Crippen molar-refractivity contribution in [1.29, 1.82) is 0 Å². The van der Waals surface area contributed by atoms with Crippen molar-refractivity contribution in [2.45, 2.75) is 70.2 Å². The van der Waals surface area contributed by atoms with Gasteiger partial charge in [0.05, 0.1) is 31.9 Å². The summed E-state index contributed by atoms with van der Waals surface area (Å²) in [7, 11) is 0. The molecule has 5 aromatic carbocycles. The van der Waals surface area contributed by atoms with Crippen molar-refractivity contribution in [2.75, 3.05) is 6.61 Å². The van der Waals surface area contributed by atoms with E-state index in [0.29, 0.717) is 19.8 Å². The molecule has 256 valence electrons. The van der Waals surface area contributed by atoms with E-state index in [-0.39, 0.29) is 6.61 Å². The fraction of sp³-hybridized carbons (Fsp3) is 0.273. The second kappa shape index (κ2) is 16.4. The first-order valence-electron chi connectivity index (χ1n) is 17.6. The highest BCUT2D eigenvalue weighted by atomic mass is 16.6. The van der Waals surface area contributed by atoms with Gasteiger partial charge in [0.15, 0.2) is 6.23 Å². The molecule has 0 saturated carbocycles. The summed E-state index contributed by atoms with van der Waals surface area (Å²) in [5.74, 6) is 0. The Kier molecular flexibility index (Phi) is 11.1. The van der Waals surface area contributed by atoms with Crippen molar-refractivity contribution in [2.24, 2.45) is 0 Å². The van der Waals surface area contributed by atoms with Gasteiger partial charge in [-0.15, -0.1) is 0 Å². The fourth-order valence-corrected chi connectivity index (χ4v) is 6.88. The minimum Gasteiger partial charge on any atom is -0.394 e. The molecule has 1 fully saturated rings. The smallest absolute Gasteiger partial charge is 0.163 e. The van der Waals surface area contributed by atoms with Crippen LogP contribution in [0, 0.1) is 0 Å². The minimum absolute atomic E-state index is 0.234. The second-order valence-corrected chi connectivity index (χ2v) is 13.0. The predicted octanol–water partition coefficient (Wildman–Crippen LogP) is 8.44. The maximum atomic E-state index is 10.9. The zero-order valence-corrected chi connectivity index (χ0v) is 28.5. The molecule has 2 heterocycles. The van der Waals surface area contributed by atoms with Crippen LogP contribution in [0.3, 0.4) is 0 Å². The summed E-state index contributed by atoms with van der Waals surface area (Å²) >= 11 is 0. The Morgan fingerprint density at radius 1 is 0.560 bits per heavy atom. The molecule has 1 aromatic heterocycles.